The summed E-state index contributed by atoms with van der Waals surface area (Å²) in [5, 5.41) is 0. The topological polar surface area (TPSA) is 75.6 Å². The summed E-state index contributed by atoms with van der Waals surface area (Å²) in [7, 11) is -3.27. The lowest BCUT2D eigenvalue weighted by atomic mass is 10.0. The Labute approximate surface area is 166 Å². The lowest BCUT2D eigenvalue weighted by molar-refractivity contribution is 0.197. The highest BCUT2D eigenvalue weighted by Gasteiger charge is 2.26. The summed E-state index contributed by atoms with van der Waals surface area (Å²) < 4.78 is 29.0. The predicted octanol–water partition coefficient (Wildman–Crippen LogP) is 2.09. The van der Waals surface area contributed by atoms with E-state index in [4.69, 9.17) is 4.74 Å². The summed E-state index contributed by atoms with van der Waals surface area (Å²) in [6.07, 6.45) is 5.19. The minimum absolute atomic E-state index is 0.150. The van der Waals surface area contributed by atoms with Gasteiger partial charge < -0.3 is 9.64 Å². The minimum Gasteiger partial charge on any atom is -0.490 e. The zero-order valence-electron chi connectivity index (χ0n) is 16.5. The molecule has 0 saturated carbocycles. The van der Waals surface area contributed by atoms with Crippen LogP contribution in [0.1, 0.15) is 31.0 Å². The van der Waals surface area contributed by atoms with Gasteiger partial charge in [-0.25, -0.2) is 18.4 Å². The smallest absolute Gasteiger partial charge is 0.225 e. The van der Waals surface area contributed by atoms with Gasteiger partial charge in [0.1, 0.15) is 16.7 Å². The van der Waals surface area contributed by atoms with Crippen molar-refractivity contribution in [1.29, 1.82) is 0 Å². The van der Waals surface area contributed by atoms with E-state index in [1.54, 1.807) is 0 Å². The second-order valence-corrected chi connectivity index (χ2v) is 9.71. The Morgan fingerprint density at radius 3 is 2.46 bits per heavy atom. The molecule has 0 N–H and O–H groups in total. The maximum Gasteiger partial charge on any atom is 0.225 e. The molecule has 1 fully saturated rings. The molecule has 3 heterocycles. The lowest BCUT2D eigenvalue weighted by Crippen LogP contribution is -2.47. The molecule has 1 unspecified atom stereocenters. The fourth-order valence-corrected chi connectivity index (χ4v) is 4.35. The van der Waals surface area contributed by atoms with Gasteiger partial charge in [-0.15, -0.1) is 0 Å². The first-order valence-electron chi connectivity index (χ1n) is 9.62. The number of sulfone groups is 1. The van der Waals surface area contributed by atoms with Crippen molar-refractivity contribution in [2.75, 3.05) is 37.3 Å². The largest absolute Gasteiger partial charge is 0.490 e. The molecule has 1 aromatic carbocycles. The van der Waals surface area contributed by atoms with Gasteiger partial charge in [-0.1, -0.05) is 12.1 Å². The van der Waals surface area contributed by atoms with Gasteiger partial charge in [0.2, 0.25) is 5.95 Å². The zero-order chi connectivity index (χ0) is 19.9. The number of benzene rings is 1. The molecule has 1 aromatic heterocycles. The molecule has 0 spiro atoms. The summed E-state index contributed by atoms with van der Waals surface area (Å²) in [6, 6.07) is 6.89. The molecule has 7 nitrogen and oxygen atoms in total. The van der Waals surface area contributed by atoms with Crippen LogP contribution in [-0.4, -0.2) is 61.8 Å². The number of aromatic nitrogens is 2. The Morgan fingerprint density at radius 2 is 1.82 bits per heavy atom. The van der Waals surface area contributed by atoms with Gasteiger partial charge in [0.25, 0.3) is 0 Å². The van der Waals surface area contributed by atoms with Crippen molar-refractivity contribution >= 4 is 15.8 Å². The highest BCUT2D eigenvalue weighted by molar-refractivity contribution is 7.90. The number of fused-ring (bicyclic) bond motifs is 1. The predicted molar refractivity (Wildman–Crippen MR) is 108 cm³/mol. The summed E-state index contributed by atoms with van der Waals surface area (Å²) in [5.41, 5.74) is 2.57. The highest BCUT2D eigenvalue weighted by atomic mass is 32.2. The quantitative estimate of drug-likeness (QED) is 0.775. The maximum atomic E-state index is 11.6. The molecular weight excluding hydrogens is 376 g/mol. The van der Waals surface area contributed by atoms with Gasteiger partial charge >= 0.3 is 0 Å². The van der Waals surface area contributed by atoms with Crippen molar-refractivity contribution < 1.29 is 13.2 Å². The molecule has 2 aliphatic rings. The molecule has 2 aromatic rings. The minimum atomic E-state index is -3.27. The average molecular weight is 403 g/mol. The van der Waals surface area contributed by atoms with Crippen molar-refractivity contribution in [2.45, 2.75) is 37.3 Å². The third-order valence-corrected chi connectivity index (χ3v) is 6.66. The van der Waals surface area contributed by atoms with Crippen LogP contribution < -0.4 is 9.64 Å². The number of nitrogens with zero attached hydrogens (tertiary/aromatic N) is 4. The first kappa shape index (κ1) is 19.1. The van der Waals surface area contributed by atoms with Gasteiger partial charge in [0, 0.05) is 44.9 Å². The van der Waals surface area contributed by atoms with E-state index in [0.717, 1.165) is 44.6 Å². The standard InChI is InChI=1S/C20H26N4O3S/c1-14-10-17-5-4-16(11-19(17)27-14)15(2)23-6-8-24(9-7-23)20-21-12-18(13-22-20)28(3,25)26/h4-5,11-15H,6-10H2,1-3H3/t14-,15?/m1/s1. The molecule has 4 rings (SSSR count). The Morgan fingerprint density at radius 1 is 1.14 bits per heavy atom. The Balaban J connectivity index is 1.39. The van der Waals surface area contributed by atoms with Gasteiger partial charge in [0.05, 0.1) is 12.4 Å². The number of anilines is 1. The van der Waals surface area contributed by atoms with Crippen molar-refractivity contribution in [3.8, 4) is 5.75 Å². The van der Waals surface area contributed by atoms with Crippen LogP contribution in [-0.2, 0) is 16.3 Å². The number of hydrogen-bond donors (Lipinski definition) is 0. The summed E-state index contributed by atoms with van der Waals surface area (Å²) in [5.74, 6) is 1.61. The van der Waals surface area contributed by atoms with E-state index >= 15 is 0 Å². The molecule has 1 saturated heterocycles. The highest BCUT2D eigenvalue weighted by Crippen LogP contribution is 2.33. The van der Waals surface area contributed by atoms with E-state index < -0.39 is 9.84 Å². The Kier molecular flexibility index (Phi) is 5.01. The van der Waals surface area contributed by atoms with Crippen molar-refractivity contribution in [3.63, 3.8) is 0 Å². The summed E-state index contributed by atoms with van der Waals surface area (Å²) in [6.45, 7) is 7.74. The first-order chi connectivity index (χ1) is 13.3. The SMILES string of the molecule is CC(c1ccc2c(c1)O[C@H](C)C2)N1CCN(c2ncc(S(C)(=O)=O)cn2)CC1. The van der Waals surface area contributed by atoms with E-state index in [9.17, 15) is 8.42 Å². The van der Waals surface area contributed by atoms with E-state index in [2.05, 4.69) is 51.8 Å². The van der Waals surface area contributed by atoms with E-state index in [1.165, 1.54) is 23.5 Å². The first-order valence-corrected chi connectivity index (χ1v) is 11.5. The maximum absolute atomic E-state index is 11.6. The monoisotopic (exact) mass is 402 g/mol. The number of hydrogen-bond acceptors (Lipinski definition) is 7. The van der Waals surface area contributed by atoms with Crippen molar-refractivity contribution in [1.82, 2.24) is 14.9 Å². The lowest BCUT2D eigenvalue weighted by Gasteiger charge is -2.38. The van der Waals surface area contributed by atoms with E-state index in [1.807, 2.05) is 0 Å². The molecule has 0 amide bonds. The second-order valence-electron chi connectivity index (χ2n) is 7.69. The summed E-state index contributed by atoms with van der Waals surface area (Å²) in [4.78, 5) is 13.2. The fourth-order valence-electron chi connectivity index (χ4n) is 3.86. The van der Waals surface area contributed by atoms with Gasteiger partial charge in [-0.3, -0.25) is 4.90 Å². The van der Waals surface area contributed by atoms with Crippen LogP contribution in [0.5, 0.6) is 5.75 Å². The van der Waals surface area contributed by atoms with Gasteiger partial charge in [-0.05, 0) is 31.0 Å². The molecule has 0 bridgehead atoms. The normalized spacial score (nSPS) is 21.2. The van der Waals surface area contributed by atoms with Crippen LogP contribution in [0.3, 0.4) is 0 Å². The van der Waals surface area contributed by atoms with E-state index in [0.29, 0.717) is 12.0 Å². The van der Waals surface area contributed by atoms with Crippen LogP contribution >= 0.6 is 0 Å². The number of rotatable bonds is 4. The molecule has 2 aliphatic heterocycles. The molecule has 28 heavy (non-hydrogen) atoms. The van der Waals surface area contributed by atoms with E-state index in [-0.39, 0.29) is 11.0 Å². The van der Waals surface area contributed by atoms with Crippen LogP contribution in [0.25, 0.3) is 0 Å². The van der Waals surface area contributed by atoms with Crippen LogP contribution in [0.15, 0.2) is 35.5 Å². The van der Waals surface area contributed by atoms with Crippen LogP contribution in [0.4, 0.5) is 5.95 Å². The fraction of sp³-hybridized carbons (Fsp3) is 0.500. The molecule has 2 atom stereocenters. The second kappa shape index (κ2) is 7.33. The Hall–Kier alpha value is -2.19. The van der Waals surface area contributed by atoms with Gasteiger partial charge in [-0.2, -0.15) is 0 Å². The molecular formula is C20H26N4O3S. The molecule has 0 aliphatic carbocycles. The summed E-state index contributed by atoms with van der Waals surface area (Å²) >= 11 is 0. The molecule has 8 heteroatoms. The number of piperazine rings is 1. The molecule has 0 radical (unpaired) electrons. The van der Waals surface area contributed by atoms with Crippen LogP contribution in [0.2, 0.25) is 0 Å². The zero-order valence-corrected chi connectivity index (χ0v) is 17.3. The van der Waals surface area contributed by atoms with Crippen molar-refractivity contribution in [3.05, 3.63) is 41.7 Å². The Bertz CT molecular complexity index is 954. The average Bonchev–Trinajstić information content (AvgIpc) is 3.06. The van der Waals surface area contributed by atoms with Crippen molar-refractivity contribution in [2.24, 2.45) is 0 Å². The third kappa shape index (κ3) is 3.84. The van der Waals surface area contributed by atoms with Crippen LogP contribution in [0, 0.1) is 0 Å². The van der Waals surface area contributed by atoms with Gasteiger partial charge in [0.15, 0.2) is 9.84 Å². The number of ether oxygens (including phenoxy) is 1. The molecule has 150 valence electrons. The third-order valence-electron chi connectivity index (χ3n) is 5.60.